The first-order chi connectivity index (χ1) is 14.5. The zero-order chi connectivity index (χ0) is 20.8. The van der Waals surface area contributed by atoms with Crippen molar-refractivity contribution in [3.8, 4) is 11.6 Å². The van der Waals surface area contributed by atoms with E-state index in [0.29, 0.717) is 72.3 Å². The van der Waals surface area contributed by atoms with Crippen LogP contribution in [0.25, 0.3) is 0 Å². The lowest BCUT2D eigenvalue weighted by Crippen LogP contribution is -2.33. The highest BCUT2D eigenvalue weighted by atomic mass is 19.1. The molecule has 1 aromatic carbocycles. The summed E-state index contributed by atoms with van der Waals surface area (Å²) in [6, 6.07) is 4.85. The van der Waals surface area contributed by atoms with Gasteiger partial charge in [-0.2, -0.15) is 0 Å². The number of aromatic nitrogens is 1. The average molecular weight is 410 g/mol. The van der Waals surface area contributed by atoms with Crippen molar-refractivity contribution in [1.82, 2.24) is 4.98 Å². The Labute approximate surface area is 174 Å². The normalized spacial score (nSPS) is 20.6. The van der Waals surface area contributed by atoms with Gasteiger partial charge in [-0.1, -0.05) is 0 Å². The molecule has 3 aliphatic rings. The fraction of sp³-hybridized carbons (Fsp3) is 0.435. The lowest BCUT2D eigenvalue weighted by atomic mass is 10.0. The van der Waals surface area contributed by atoms with Crippen LogP contribution in [-0.2, 0) is 11.2 Å². The third-order valence-corrected chi connectivity index (χ3v) is 6.09. The van der Waals surface area contributed by atoms with E-state index in [9.17, 15) is 14.0 Å². The minimum absolute atomic E-state index is 0.0576. The van der Waals surface area contributed by atoms with Gasteiger partial charge in [0.05, 0.1) is 18.5 Å². The number of anilines is 1. The maximum absolute atomic E-state index is 14.5. The van der Waals surface area contributed by atoms with Crippen molar-refractivity contribution in [2.24, 2.45) is 5.92 Å². The van der Waals surface area contributed by atoms with E-state index in [2.05, 4.69) is 4.98 Å². The zero-order valence-electron chi connectivity index (χ0n) is 16.8. The van der Waals surface area contributed by atoms with Crippen LogP contribution < -0.4 is 14.4 Å². The Morgan fingerprint density at radius 3 is 2.77 bits per heavy atom. The molecule has 2 aliphatic carbocycles. The Morgan fingerprint density at radius 2 is 2.03 bits per heavy atom. The molecule has 0 spiro atoms. The van der Waals surface area contributed by atoms with Crippen LogP contribution >= 0.6 is 0 Å². The number of Topliss-reactive ketones (excluding diaryl/α,β-unsaturated/α-hetero) is 1. The van der Waals surface area contributed by atoms with Gasteiger partial charge in [-0.05, 0) is 55.4 Å². The summed E-state index contributed by atoms with van der Waals surface area (Å²) in [6.45, 7) is 2.87. The molecule has 7 heteroatoms. The Bertz CT molecular complexity index is 1020. The van der Waals surface area contributed by atoms with E-state index in [1.165, 1.54) is 23.8 Å². The number of ketones is 1. The van der Waals surface area contributed by atoms with Gasteiger partial charge >= 0.3 is 0 Å². The number of pyridine rings is 1. The standard InChI is InChI=1S/C23H23FN2O4/c1-13-18(10-17(24)16-5-6-19(27)22(13)16)26-9-8-20(23(26)28)30-15-4-7-21(25-11-15)29-12-14-2-3-14/h4,7,10-11,14,20H,2-3,5-6,8-9,12H2,1H3/t20-/m1/s1. The van der Waals surface area contributed by atoms with Crippen molar-refractivity contribution in [2.45, 2.75) is 45.1 Å². The first-order valence-corrected chi connectivity index (χ1v) is 10.4. The van der Waals surface area contributed by atoms with Gasteiger partial charge < -0.3 is 14.4 Å². The highest BCUT2D eigenvalue weighted by molar-refractivity contribution is 6.05. The number of carbonyl (C=O) groups is 2. The van der Waals surface area contributed by atoms with Crippen LogP contribution in [0.4, 0.5) is 10.1 Å². The van der Waals surface area contributed by atoms with Gasteiger partial charge in [-0.3, -0.25) is 9.59 Å². The van der Waals surface area contributed by atoms with E-state index in [-0.39, 0.29) is 11.7 Å². The number of halogens is 1. The molecule has 1 aliphatic heterocycles. The molecule has 5 rings (SSSR count). The van der Waals surface area contributed by atoms with Crippen LogP contribution in [0.5, 0.6) is 11.6 Å². The highest BCUT2D eigenvalue weighted by Gasteiger charge is 2.37. The second kappa shape index (κ2) is 7.38. The van der Waals surface area contributed by atoms with Crippen LogP contribution in [0.2, 0.25) is 0 Å². The summed E-state index contributed by atoms with van der Waals surface area (Å²) < 4.78 is 26.0. The maximum Gasteiger partial charge on any atom is 0.268 e. The van der Waals surface area contributed by atoms with E-state index in [0.717, 1.165) is 0 Å². The number of hydrogen-bond acceptors (Lipinski definition) is 5. The molecule has 0 bridgehead atoms. The topological polar surface area (TPSA) is 68.7 Å². The summed E-state index contributed by atoms with van der Waals surface area (Å²) in [5.74, 6) is 0.963. The molecule has 2 aromatic rings. The Hall–Kier alpha value is -2.96. The summed E-state index contributed by atoms with van der Waals surface area (Å²) in [5.41, 5.74) is 2.03. The number of fused-ring (bicyclic) bond motifs is 1. The predicted molar refractivity (Wildman–Crippen MR) is 108 cm³/mol. The molecular weight excluding hydrogens is 387 g/mol. The summed E-state index contributed by atoms with van der Waals surface area (Å²) in [5, 5.41) is 0. The summed E-state index contributed by atoms with van der Waals surface area (Å²) in [7, 11) is 0. The van der Waals surface area contributed by atoms with Gasteiger partial charge in [0.15, 0.2) is 11.9 Å². The van der Waals surface area contributed by atoms with Gasteiger partial charge in [-0.15, -0.1) is 0 Å². The monoisotopic (exact) mass is 410 g/mol. The SMILES string of the molecule is Cc1c(N2CC[C@@H](Oc3ccc(OCC4CC4)nc3)C2=O)cc(F)c2c1C(=O)CC2. The lowest BCUT2D eigenvalue weighted by molar-refractivity contribution is -0.122. The molecule has 156 valence electrons. The number of ether oxygens (including phenoxy) is 2. The number of amides is 1. The molecule has 0 unspecified atom stereocenters. The first kappa shape index (κ1) is 19.0. The molecule has 0 N–H and O–H groups in total. The second-order valence-corrected chi connectivity index (χ2v) is 8.25. The lowest BCUT2D eigenvalue weighted by Gasteiger charge is -2.21. The molecule has 6 nitrogen and oxygen atoms in total. The van der Waals surface area contributed by atoms with Crippen LogP contribution in [0.3, 0.4) is 0 Å². The van der Waals surface area contributed by atoms with Crippen LogP contribution in [-0.4, -0.2) is 35.9 Å². The van der Waals surface area contributed by atoms with Gasteiger partial charge in [0.2, 0.25) is 5.88 Å². The highest BCUT2D eigenvalue weighted by Crippen LogP contribution is 2.36. The maximum atomic E-state index is 14.5. The van der Waals surface area contributed by atoms with E-state index >= 15 is 0 Å². The van der Waals surface area contributed by atoms with Gasteiger partial charge in [0.25, 0.3) is 5.91 Å². The zero-order valence-corrected chi connectivity index (χ0v) is 16.8. The molecule has 1 saturated carbocycles. The minimum Gasteiger partial charge on any atom is -0.479 e. The molecule has 30 heavy (non-hydrogen) atoms. The number of hydrogen-bond donors (Lipinski definition) is 0. The van der Waals surface area contributed by atoms with Gasteiger partial charge in [0.1, 0.15) is 11.6 Å². The van der Waals surface area contributed by atoms with Crippen molar-refractivity contribution >= 4 is 17.4 Å². The molecule has 0 radical (unpaired) electrons. The predicted octanol–water partition coefficient (Wildman–Crippen LogP) is 3.63. The molecule has 1 aromatic heterocycles. The third kappa shape index (κ3) is 3.42. The van der Waals surface area contributed by atoms with E-state index < -0.39 is 11.9 Å². The average Bonchev–Trinajstić information content (AvgIpc) is 3.39. The molecule has 2 fully saturated rings. The van der Waals surface area contributed by atoms with E-state index in [4.69, 9.17) is 9.47 Å². The van der Waals surface area contributed by atoms with Crippen molar-refractivity contribution in [3.05, 3.63) is 46.9 Å². The fourth-order valence-electron chi connectivity index (χ4n) is 4.23. The van der Waals surface area contributed by atoms with Crippen molar-refractivity contribution in [1.29, 1.82) is 0 Å². The summed E-state index contributed by atoms with van der Waals surface area (Å²) in [6.07, 6.45) is 4.53. The first-order valence-electron chi connectivity index (χ1n) is 10.4. The Kier molecular flexibility index (Phi) is 4.68. The van der Waals surface area contributed by atoms with E-state index in [1.54, 1.807) is 25.3 Å². The third-order valence-electron chi connectivity index (χ3n) is 6.09. The van der Waals surface area contributed by atoms with E-state index in [1.807, 2.05) is 0 Å². The van der Waals surface area contributed by atoms with Crippen molar-refractivity contribution in [3.63, 3.8) is 0 Å². The summed E-state index contributed by atoms with van der Waals surface area (Å²) in [4.78, 5) is 30.9. The quantitative estimate of drug-likeness (QED) is 0.727. The van der Waals surface area contributed by atoms with Gasteiger partial charge in [0, 0.05) is 31.0 Å². The number of rotatable bonds is 6. The molecule has 1 saturated heterocycles. The molecular formula is C23H23FN2O4. The molecule has 2 heterocycles. The van der Waals surface area contributed by atoms with Crippen LogP contribution in [0, 0.1) is 18.7 Å². The Morgan fingerprint density at radius 1 is 1.20 bits per heavy atom. The smallest absolute Gasteiger partial charge is 0.268 e. The van der Waals surface area contributed by atoms with Crippen LogP contribution in [0.15, 0.2) is 24.4 Å². The second-order valence-electron chi connectivity index (χ2n) is 8.25. The minimum atomic E-state index is -0.670. The largest absolute Gasteiger partial charge is 0.479 e. The number of nitrogens with zero attached hydrogens (tertiary/aromatic N) is 2. The fourth-order valence-corrected chi connectivity index (χ4v) is 4.23. The summed E-state index contributed by atoms with van der Waals surface area (Å²) >= 11 is 0. The van der Waals surface area contributed by atoms with Crippen LogP contribution in [0.1, 0.15) is 47.2 Å². The number of benzene rings is 1. The number of carbonyl (C=O) groups excluding carboxylic acids is 2. The van der Waals surface area contributed by atoms with Gasteiger partial charge in [-0.25, -0.2) is 9.37 Å². The van der Waals surface area contributed by atoms with Crippen molar-refractivity contribution < 1.29 is 23.5 Å². The molecule has 1 amide bonds. The Balaban J connectivity index is 1.29. The van der Waals surface area contributed by atoms with Crippen molar-refractivity contribution in [2.75, 3.05) is 18.1 Å². The molecule has 1 atom stereocenters.